The molecule has 0 amide bonds. The van der Waals surface area contributed by atoms with Crippen LogP contribution in [0.25, 0.3) is 22.7 Å². The smallest absolute Gasteiger partial charge is 0.303 e. The predicted octanol–water partition coefficient (Wildman–Crippen LogP) is 5.22. The molecule has 1 saturated heterocycles. The van der Waals surface area contributed by atoms with Gasteiger partial charge in [-0.15, -0.1) is 0 Å². The second kappa shape index (κ2) is 10.4. The maximum absolute atomic E-state index is 11.7. The summed E-state index contributed by atoms with van der Waals surface area (Å²) < 4.78 is 19.1. The molecule has 1 fully saturated rings. The van der Waals surface area contributed by atoms with Crippen molar-refractivity contribution in [1.82, 2.24) is 19.5 Å². The van der Waals surface area contributed by atoms with Gasteiger partial charge in [0.2, 0.25) is 5.82 Å². The Bertz CT molecular complexity index is 1210. The number of halogens is 1. The predicted molar refractivity (Wildman–Crippen MR) is 124 cm³/mol. The quantitative estimate of drug-likeness (QED) is 0.202. The average Bonchev–Trinajstić information content (AvgIpc) is 3.48. The van der Waals surface area contributed by atoms with Crippen LogP contribution in [0.1, 0.15) is 70.2 Å². The van der Waals surface area contributed by atoms with Gasteiger partial charge in [0.15, 0.2) is 28.6 Å². The standard InChI is InChI=1S/C24H27ClN4O4/c1-4-5-6-7-8-9-10-19-26-21(25)20-23(27-19)29(22(28-20)17-12-11-15(2)32-17)24-18(13-14-31-24)33-16(3)30/h11-12,18,24H,4-8,13-14H2,1-3H3/t18-,24-/m1/s1. The van der Waals surface area contributed by atoms with Crippen molar-refractivity contribution >= 4 is 28.7 Å². The molecule has 174 valence electrons. The molecule has 33 heavy (non-hydrogen) atoms. The third-order valence-corrected chi connectivity index (χ3v) is 5.66. The molecule has 4 rings (SSSR count). The molecule has 0 bridgehead atoms. The van der Waals surface area contributed by atoms with Gasteiger partial charge in [-0.2, -0.15) is 0 Å². The number of hydrogen-bond donors (Lipinski definition) is 0. The van der Waals surface area contributed by atoms with E-state index in [1.807, 2.05) is 19.1 Å². The summed E-state index contributed by atoms with van der Waals surface area (Å²) in [6, 6.07) is 3.67. The van der Waals surface area contributed by atoms with Crippen molar-refractivity contribution in [2.45, 2.75) is 71.6 Å². The lowest BCUT2D eigenvalue weighted by atomic mass is 10.2. The number of carbonyl (C=O) groups is 1. The Morgan fingerprint density at radius 2 is 2.12 bits per heavy atom. The average molecular weight is 471 g/mol. The number of carbonyl (C=O) groups excluding carboxylic acids is 1. The van der Waals surface area contributed by atoms with Crippen LogP contribution in [0.15, 0.2) is 16.5 Å². The minimum atomic E-state index is -0.625. The van der Waals surface area contributed by atoms with E-state index in [0.717, 1.165) is 25.0 Å². The molecule has 3 aromatic heterocycles. The van der Waals surface area contributed by atoms with Gasteiger partial charge >= 0.3 is 5.97 Å². The summed E-state index contributed by atoms with van der Waals surface area (Å²) in [4.78, 5) is 25.3. The van der Waals surface area contributed by atoms with Crippen LogP contribution in [0.3, 0.4) is 0 Å². The number of fused-ring (bicyclic) bond motifs is 1. The fourth-order valence-corrected chi connectivity index (χ4v) is 4.08. The molecule has 0 unspecified atom stereocenters. The maximum atomic E-state index is 11.7. The van der Waals surface area contributed by atoms with Crippen LogP contribution < -0.4 is 0 Å². The van der Waals surface area contributed by atoms with Crippen LogP contribution in [0.2, 0.25) is 5.15 Å². The Labute approximate surface area is 197 Å². The molecule has 0 N–H and O–H groups in total. The topological polar surface area (TPSA) is 92.3 Å². The molecule has 2 atom stereocenters. The van der Waals surface area contributed by atoms with Gasteiger partial charge in [-0.05, 0) is 31.4 Å². The number of aromatic nitrogens is 4. The van der Waals surface area contributed by atoms with E-state index in [0.29, 0.717) is 41.6 Å². The summed E-state index contributed by atoms with van der Waals surface area (Å²) in [5.41, 5.74) is 0.865. The van der Waals surface area contributed by atoms with Crippen LogP contribution in [-0.4, -0.2) is 38.2 Å². The first kappa shape index (κ1) is 23.3. The van der Waals surface area contributed by atoms with E-state index in [1.165, 1.54) is 19.8 Å². The van der Waals surface area contributed by atoms with Gasteiger partial charge in [-0.3, -0.25) is 9.36 Å². The van der Waals surface area contributed by atoms with Crippen molar-refractivity contribution in [3.05, 3.63) is 28.9 Å². The summed E-state index contributed by atoms with van der Waals surface area (Å²) >= 11 is 6.50. The van der Waals surface area contributed by atoms with Gasteiger partial charge in [0.05, 0.1) is 6.61 Å². The van der Waals surface area contributed by atoms with Gasteiger partial charge in [0.25, 0.3) is 0 Å². The second-order valence-electron chi connectivity index (χ2n) is 8.04. The zero-order valence-corrected chi connectivity index (χ0v) is 19.8. The molecule has 9 heteroatoms. The van der Waals surface area contributed by atoms with E-state index in [1.54, 1.807) is 4.57 Å². The summed E-state index contributed by atoms with van der Waals surface area (Å²) in [6.45, 7) is 5.84. The first-order valence-corrected chi connectivity index (χ1v) is 11.7. The van der Waals surface area contributed by atoms with Crippen molar-refractivity contribution in [2.75, 3.05) is 6.61 Å². The molecule has 4 heterocycles. The van der Waals surface area contributed by atoms with Crippen molar-refractivity contribution in [2.24, 2.45) is 0 Å². The first-order chi connectivity index (χ1) is 16.0. The molecular weight excluding hydrogens is 444 g/mol. The molecule has 0 radical (unpaired) electrons. The van der Waals surface area contributed by atoms with Crippen molar-refractivity contribution in [3.8, 4) is 23.4 Å². The van der Waals surface area contributed by atoms with Gasteiger partial charge in [0.1, 0.15) is 17.4 Å². The number of furan rings is 1. The van der Waals surface area contributed by atoms with Crippen molar-refractivity contribution < 1.29 is 18.7 Å². The summed E-state index contributed by atoms with van der Waals surface area (Å²) in [6.07, 6.45) is 4.80. The van der Waals surface area contributed by atoms with Gasteiger partial charge in [-0.1, -0.05) is 43.7 Å². The van der Waals surface area contributed by atoms with Crippen LogP contribution in [0, 0.1) is 18.8 Å². The Morgan fingerprint density at radius 3 is 2.85 bits per heavy atom. The maximum Gasteiger partial charge on any atom is 0.303 e. The SMILES string of the molecule is CCCCCCC#Cc1nc(Cl)c2nc(-c3ccc(C)o3)n([C@@H]3OCC[C@H]3OC(C)=O)c2n1. The fraction of sp³-hybridized carbons (Fsp3) is 0.500. The molecule has 1 aliphatic rings. The lowest BCUT2D eigenvalue weighted by Crippen LogP contribution is -2.25. The van der Waals surface area contributed by atoms with Gasteiger partial charge < -0.3 is 13.9 Å². The molecule has 8 nitrogen and oxygen atoms in total. The number of aryl methyl sites for hydroxylation is 1. The lowest BCUT2D eigenvalue weighted by Gasteiger charge is -2.21. The number of hydrogen-bond acceptors (Lipinski definition) is 7. The normalized spacial score (nSPS) is 17.8. The minimum absolute atomic E-state index is 0.195. The third-order valence-electron chi connectivity index (χ3n) is 5.39. The molecule has 0 aromatic carbocycles. The van der Waals surface area contributed by atoms with Crippen LogP contribution in [0.5, 0.6) is 0 Å². The molecule has 0 aliphatic carbocycles. The fourth-order valence-electron chi connectivity index (χ4n) is 3.87. The van der Waals surface area contributed by atoms with E-state index >= 15 is 0 Å². The summed E-state index contributed by atoms with van der Waals surface area (Å²) in [5.74, 6) is 7.83. The molecule has 3 aromatic rings. The van der Waals surface area contributed by atoms with Crippen LogP contribution in [0.4, 0.5) is 0 Å². The Kier molecular flexibility index (Phi) is 7.31. The Balaban J connectivity index is 1.77. The van der Waals surface area contributed by atoms with Crippen molar-refractivity contribution in [3.63, 3.8) is 0 Å². The van der Waals surface area contributed by atoms with E-state index < -0.39 is 12.3 Å². The summed E-state index contributed by atoms with van der Waals surface area (Å²) in [7, 11) is 0. The Hall–Kier alpha value is -2.89. The minimum Gasteiger partial charge on any atom is -0.458 e. The van der Waals surface area contributed by atoms with Gasteiger partial charge in [-0.25, -0.2) is 15.0 Å². The number of nitrogens with zero attached hydrogens (tertiary/aromatic N) is 4. The highest BCUT2D eigenvalue weighted by atomic mass is 35.5. The van der Waals surface area contributed by atoms with Crippen LogP contribution in [-0.2, 0) is 14.3 Å². The first-order valence-electron chi connectivity index (χ1n) is 11.3. The number of esters is 1. The zero-order valence-electron chi connectivity index (χ0n) is 19.1. The molecule has 1 aliphatic heterocycles. The number of rotatable bonds is 7. The van der Waals surface area contributed by atoms with E-state index in [-0.39, 0.29) is 11.1 Å². The summed E-state index contributed by atoms with van der Waals surface area (Å²) in [5, 5.41) is 0.195. The number of imidazole rings is 1. The van der Waals surface area contributed by atoms with Gasteiger partial charge in [0, 0.05) is 19.8 Å². The van der Waals surface area contributed by atoms with Crippen molar-refractivity contribution in [1.29, 1.82) is 0 Å². The largest absolute Gasteiger partial charge is 0.458 e. The molecule has 0 saturated carbocycles. The number of unbranched alkanes of at least 4 members (excludes halogenated alkanes) is 4. The highest BCUT2D eigenvalue weighted by Crippen LogP contribution is 2.36. The van der Waals surface area contributed by atoms with E-state index in [2.05, 4.69) is 33.7 Å². The third kappa shape index (κ3) is 5.21. The lowest BCUT2D eigenvalue weighted by molar-refractivity contribution is -0.151. The monoisotopic (exact) mass is 470 g/mol. The van der Waals surface area contributed by atoms with E-state index in [4.69, 9.17) is 25.5 Å². The molecular formula is C24H27ClN4O4. The number of ether oxygens (including phenoxy) is 2. The highest BCUT2D eigenvalue weighted by molar-refractivity contribution is 6.33. The second-order valence-corrected chi connectivity index (χ2v) is 8.39. The van der Waals surface area contributed by atoms with Crippen LogP contribution >= 0.6 is 11.6 Å². The molecule has 0 spiro atoms. The zero-order chi connectivity index (χ0) is 23.4. The highest BCUT2D eigenvalue weighted by Gasteiger charge is 2.37. The Morgan fingerprint density at radius 1 is 1.27 bits per heavy atom. The van der Waals surface area contributed by atoms with E-state index in [9.17, 15) is 4.79 Å².